The number of methoxy groups -OCH3 is 1. The predicted molar refractivity (Wildman–Crippen MR) is 87.8 cm³/mol. The van der Waals surface area contributed by atoms with E-state index in [9.17, 15) is 4.79 Å². The van der Waals surface area contributed by atoms with Crippen molar-refractivity contribution in [3.63, 3.8) is 0 Å². The van der Waals surface area contributed by atoms with Gasteiger partial charge in [-0.15, -0.1) is 0 Å². The molecule has 1 aliphatic rings. The molecule has 0 bridgehead atoms. The van der Waals surface area contributed by atoms with Crippen LogP contribution >= 0.6 is 0 Å². The van der Waals surface area contributed by atoms with Crippen LogP contribution in [-0.4, -0.2) is 28.0 Å². The van der Waals surface area contributed by atoms with E-state index in [1.807, 2.05) is 12.1 Å². The van der Waals surface area contributed by atoms with Gasteiger partial charge in [-0.05, 0) is 0 Å². The van der Waals surface area contributed by atoms with Crippen molar-refractivity contribution in [2.75, 3.05) is 7.11 Å². The van der Waals surface area contributed by atoms with Gasteiger partial charge in [-0.3, -0.25) is 0 Å². The molecule has 0 aliphatic heterocycles. The summed E-state index contributed by atoms with van der Waals surface area (Å²) < 4.78 is 6.50. The van der Waals surface area contributed by atoms with E-state index in [1.165, 1.54) is 11.6 Å². The molecule has 3 heteroatoms. The van der Waals surface area contributed by atoms with Crippen molar-refractivity contribution in [3.8, 4) is 0 Å². The third-order valence-corrected chi connectivity index (χ3v) is 6.61. The quantitative estimate of drug-likeness (QED) is 0.448. The summed E-state index contributed by atoms with van der Waals surface area (Å²) in [5.74, 6) is 0.258. The molecule has 1 aromatic rings. The van der Waals surface area contributed by atoms with Crippen LogP contribution in [0.2, 0.25) is 5.32 Å². The summed E-state index contributed by atoms with van der Waals surface area (Å²) in [7, 11) is 1.49. The monoisotopic (exact) mass is 350 g/mol. The van der Waals surface area contributed by atoms with Gasteiger partial charge in [0.15, 0.2) is 0 Å². The third-order valence-electron chi connectivity index (χ3n) is 4.15. The fourth-order valence-electron chi connectivity index (χ4n) is 2.93. The SMILES string of the molecule is C=CC[C@@]1(C(=O)OC)CC=CC[C@@H]1C[Se]c1ccccc1. The number of rotatable bonds is 6. The van der Waals surface area contributed by atoms with E-state index < -0.39 is 5.41 Å². The van der Waals surface area contributed by atoms with Crippen LogP contribution in [0.5, 0.6) is 0 Å². The zero-order valence-corrected chi connectivity index (χ0v) is 14.2. The Balaban J connectivity index is 2.15. The zero-order valence-electron chi connectivity index (χ0n) is 12.5. The second kappa shape index (κ2) is 7.63. The number of hydrogen-bond donors (Lipinski definition) is 0. The Labute approximate surface area is 133 Å². The van der Waals surface area contributed by atoms with Crippen LogP contribution in [0.1, 0.15) is 19.3 Å². The summed E-state index contributed by atoms with van der Waals surface area (Å²) in [6, 6.07) is 10.5. The van der Waals surface area contributed by atoms with Gasteiger partial charge in [-0.1, -0.05) is 0 Å². The topological polar surface area (TPSA) is 26.3 Å². The van der Waals surface area contributed by atoms with Crippen molar-refractivity contribution in [1.82, 2.24) is 0 Å². The molecule has 0 aromatic heterocycles. The molecule has 2 nitrogen and oxygen atoms in total. The van der Waals surface area contributed by atoms with Crippen LogP contribution < -0.4 is 4.46 Å². The normalized spacial score (nSPS) is 24.5. The molecular weight excluding hydrogens is 327 g/mol. The first-order chi connectivity index (χ1) is 10.2. The molecule has 0 saturated carbocycles. The molecule has 1 aromatic carbocycles. The number of esters is 1. The molecule has 2 atom stereocenters. The minimum atomic E-state index is -0.415. The van der Waals surface area contributed by atoms with Gasteiger partial charge in [0.25, 0.3) is 0 Å². The van der Waals surface area contributed by atoms with Crippen molar-refractivity contribution in [3.05, 3.63) is 55.1 Å². The first kappa shape index (κ1) is 16.1. The number of carbonyl (C=O) groups excluding carboxylic acids is 1. The number of ether oxygens (including phenoxy) is 1. The molecule has 21 heavy (non-hydrogen) atoms. The van der Waals surface area contributed by atoms with E-state index in [-0.39, 0.29) is 5.97 Å². The molecule has 0 unspecified atom stereocenters. The maximum atomic E-state index is 12.4. The van der Waals surface area contributed by atoms with Gasteiger partial charge in [-0.2, -0.15) is 0 Å². The Kier molecular flexibility index (Phi) is 5.84. The Morgan fingerprint density at radius 1 is 1.43 bits per heavy atom. The van der Waals surface area contributed by atoms with Crippen molar-refractivity contribution < 1.29 is 9.53 Å². The van der Waals surface area contributed by atoms with Gasteiger partial charge in [0.2, 0.25) is 0 Å². The number of benzene rings is 1. The van der Waals surface area contributed by atoms with E-state index >= 15 is 0 Å². The van der Waals surface area contributed by atoms with Crippen molar-refractivity contribution >= 4 is 25.4 Å². The molecule has 0 spiro atoms. The van der Waals surface area contributed by atoms with Gasteiger partial charge in [0.05, 0.1) is 0 Å². The first-order valence-electron chi connectivity index (χ1n) is 7.25. The van der Waals surface area contributed by atoms with Crippen LogP contribution in [0.15, 0.2) is 55.1 Å². The van der Waals surface area contributed by atoms with E-state index in [1.54, 1.807) is 0 Å². The standard InChI is InChI=1S/C18H22O2Se/c1-3-12-18(17(19)20-2)13-8-7-9-15(18)14-21-16-10-5-4-6-11-16/h3-8,10-11,15H,1,9,12-14H2,2H3/t15-,18-/m1/s1. The minimum absolute atomic E-state index is 0.0828. The Hall–Kier alpha value is -1.31. The summed E-state index contributed by atoms with van der Waals surface area (Å²) in [6.07, 6.45) is 8.60. The average Bonchev–Trinajstić information content (AvgIpc) is 2.54. The van der Waals surface area contributed by atoms with Gasteiger partial charge in [-0.25, -0.2) is 0 Å². The summed E-state index contributed by atoms with van der Waals surface area (Å²) in [6.45, 7) is 3.84. The summed E-state index contributed by atoms with van der Waals surface area (Å²) in [5, 5.41) is 1.06. The second-order valence-corrected chi connectivity index (χ2v) is 7.67. The van der Waals surface area contributed by atoms with Crippen LogP contribution in [0.4, 0.5) is 0 Å². The van der Waals surface area contributed by atoms with Gasteiger partial charge < -0.3 is 0 Å². The molecule has 0 fully saturated rings. The first-order valence-corrected chi connectivity index (χ1v) is 9.32. The molecule has 2 rings (SSSR count). The van der Waals surface area contributed by atoms with Crippen molar-refractivity contribution in [1.29, 1.82) is 0 Å². The summed E-state index contributed by atoms with van der Waals surface area (Å²) in [4.78, 5) is 12.4. The molecule has 0 radical (unpaired) electrons. The van der Waals surface area contributed by atoms with Crippen LogP contribution in [0, 0.1) is 11.3 Å². The fourth-order valence-corrected chi connectivity index (χ4v) is 5.45. The van der Waals surface area contributed by atoms with Crippen molar-refractivity contribution in [2.24, 2.45) is 11.3 Å². The van der Waals surface area contributed by atoms with Crippen LogP contribution in [-0.2, 0) is 9.53 Å². The summed E-state index contributed by atoms with van der Waals surface area (Å²) >= 11 is 0.386. The zero-order chi connectivity index (χ0) is 15.1. The summed E-state index contributed by atoms with van der Waals surface area (Å²) in [5.41, 5.74) is -0.415. The molecule has 0 heterocycles. The van der Waals surface area contributed by atoms with Crippen LogP contribution in [0.3, 0.4) is 0 Å². The Bertz CT molecular complexity index is 509. The number of allylic oxidation sites excluding steroid dienone is 3. The second-order valence-electron chi connectivity index (χ2n) is 5.37. The van der Waals surface area contributed by atoms with E-state index in [0.29, 0.717) is 27.3 Å². The molecule has 112 valence electrons. The molecular formula is C18H22O2Se. The van der Waals surface area contributed by atoms with Gasteiger partial charge in [0.1, 0.15) is 0 Å². The number of carbonyl (C=O) groups is 1. The van der Waals surface area contributed by atoms with E-state index in [2.05, 4.69) is 43.0 Å². The predicted octanol–water partition coefficient (Wildman–Crippen LogP) is 3.14. The third kappa shape index (κ3) is 3.66. The van der Waals surface area contributed by atoms with Crippen molar-refractivity contribution in [2.45, 2.75) is 24.6 Å². The van der Waals surface area contributed by atoms with Crippen LogP contribution in [0.25, 0.3) is 0 Å². The fraction of sp³-hybridized carbons (Fsp3) is 0.389. The number of hydrogen-bond acceptors (Lipinski definition) is 2. The van der Waals surface area contributed by atoms with E-state index in [4.69, 9.17) is 4.74 Å². The average molecular weight is 349 g/mol. The Morgan fingerprint density at radius 2 is 2.19 bits per heavy atom. The Morgan fingerprint density at radius 3 is 2.86 bits per heavy atom. The molecule has 0 amide bonds. The van der Waals surface area contributed by atoms with E-state index in [0.717, 1.165) is 18.2 Å². The molecule has 0 saturated heterocycles. The molecule has 0 N–H and O–H groups in total. The maximum absolute atomic E-state index is 12.4. The van der Waals surface area contributed by atoms with Gasteiger partial charge in [0, 0.05) is 0 Å². The van der Waals surface area contributed by atoms with Gasteiger partial charge >= 0.3 is 133 Å². The molecule has 1 aliphatic carbocycles.